The third-order valence-electron chi connectivity index (χ3n) is 5.24. The second-order valence-corrected chi connectivity index (χ2v) is 7.21. The van der Waals surface area contributed by atoms with Crippen LogP contribution in [0.3, 0.4) is 0 Å². The Labute approximate surface area is 167 Å². The lowest BCUT2D eigenvalue weighted by atomic mass is 10.1. The zero-order chi connectivity index (χ0) is 19.9. The van der Waals surface area contributed by atoms with E-state index in [2.05, 4.69) is 0 Å². The summed E-state index contributed by atoms with van der Waals surface area (Å²) >= 11 is 0. The number of likely N-dealkylation sites (N-methyl/N-ethyl adjacent to an activating group) is 1. The van der Waals surface area contributed by atoms with Crippen molar-refractivity contribution in [2.75, 3.05) is 27.8 Å². The largest absolute Gasteiger partial charge is 0.493 e. The van der Waals surface area contributed by atoms with Crippen LogP contribution in [0.1, 0.15) is 41.6 Å². The number of benzene rings is 2. The van der Waals surface area contributed by atoms with Crippen LogP contribution in [0.5, 0.6) is 17.2 Å². The van der Waals surface area contributed by atoms with E-state index >= 15 is 0 Å². The van der Waals surface area contributed by atoms with E-state index in [9.17, 15) is 4.79 Å². The highest BCUT2D eigenvalue weighted by molar-refractivity contribution is 5.94. The third-order valence-corrected chi connectivity index (χ3v) is 5.24. The summed E-state index contributed by atoms with van der Waals surface area (Å²) in [5, 5.41) is 0. The molecule has 0 saturated heterocycles. The van der Waals surface area contributed by atoms with Crippen LogP contribution >= 0.6 is 0 Å². The average molecular weight is 383 g/mol. The van der Waals surface area contributed by atoms with Crippen LogP contribution in [0.25, 0.3) is 0 Å². The smallest absolute Gasteiger partial charge is 0.253 e. The Bertz CT molecular complexity index is 782. The lowest BCUT2D eigenvalue weighted by molar-refractivity contribution is 0.0796. The quantitative estimate of drug-likeness (QED) is 0.680. The van der Waals surface area contributed by atoms with Crippen LogP contribution in [-0.4, -0.2) is 44.7 Å². The topological polar surface area (TPSA) is 48.0 Å². The Kier molecular flexibility index (Phi) is 6.80. The molecule has 1 fully saturated rings. The summed E-state index contributed by atoms with van der Waals surface area (Å²) in [5.41, 5.74) is 1.77. The molecule has 0 N–H and O–H groups in total. The Morgan fingerprint density at radius 2 is 1.68 bits per heavy atom. The molecule has 2 aromatic rings. The van der Waals surface area contributed by atoms with Crippen molar-refractivity contribution in [1.82, 2.24) is 4.90 Å². The average Bonchev–Trinajstić information content (AvgIpc) is 3.24. The minimum absolute atomic E-state index is 0.00731. The summed E-state index contributed by atoms with van der Waals surface area (Å²) < 4.78 is 16.6. The molecule has 0 spiro atoms. The zero-order valence-electron chi connectivity index (χ0n) is 16.9. The fourth-order valence-electron chi connectivity index (χ4n) is 3.53. The highest BCUT2D eigenvalue weighted by atomic mass is 16.5. The molecule has 0 radical (unpaired) electrons. The molecule has 1 saturated carbocycles. The van der Waals surface area contributed by atoms with Gasteiger partial charge in [0.1, 0.15) is 5.75 Å². The van der Waals surface area contributed by atoms with Gasteiger partial charge in [-0.3, -0.25) is 4.79 Å². The number of carbonyl (C=O) groups is 1. The first-order chi connectivity index (χ1) is 13.6. The first-order valence-electron chi connectivity index (χ1n) is 9.84. The zero-order valence-corrected chi connectivity index (χ0v) is 16.9. The first-order valence-corrected chi connectivity index (χ1v) is 9.84. The maximum absolute atomic E-state index is 12.7. The molecule has 0 atom stereocenters. The van der Waals surface area contributed by atoms with Crippen LogP contribution in [0.15, 0.2) is 42.5 Å². The molecule has 0 bridgehead atoms. The van der Waals surface area contributed by atoms with Gasteiger partial charge in [0.2, 0.25) is 0 Å². The van der Waals surface area contributed by atoms with Crippen molar-refractivity contribution >= 4 is 5.91 Å². The number of ether oxygens (including phenoxy) is 3. The van der Waals surface area contributed by atoms with Gasteiger partial charge in [-0.2, -0.15) is 0 Å². The van der Waals surface area contributed by atoms with Crippen molar-refractivity contribution in [3.63, 3.8) is 0 Å². The van der Waals surface area contributed by atoms with Crippen molar-refractivity contribution in [3.05, 3.63) is 53.6 Å². The van der Waals surface area contributed by atoms with Crippen molar-refractivity contribution < 1.29 is 19.0 Å². The number of methoxy groups -OCH3 is 2. The molecule has 0 aromatic heterocycles. The summed E-state index contributed by atoms with van der Waals surface area (Å²) in [6.45, 7) is 0.620. The SMILES string of the molecule is COc1ccc(CCN(C)C(=O)c2ccc(OC3CCCC3)cc2)cc1OC. The van der Waals surface area contributed by atoms with E-state index in [4.69, 9.17) is 14.2 Å². The van der Waals surface area contributed by atoms with Crippen molar-refractivity contribution in [2.24, 2.45) is 0 Å². The van der Waals surface area contributed by atoms with Crippen molar-refractivity contribution in [3.8, 4) is 17.2 Å². The van der Waals surface area contributed by atoms with Crippen molar-refractivity contribution in [2.45, 2.75) is 38.2 Å². The van der Waals surface area contributed by atoms with Gasteiger partial charge in [-0.15, -0.1) is 0 Å². The highest BCUT2D eigenvalue weighted by Gasteiger charge is 2.17. The minimum Gasteiger partial charge on any atom is -0.493 e. The van der Waals surface area contributed by atoms with Gasteiger partial charge in [0.15, 0.2) is 11.5 Å². The van der Waals surface area contributed by atoms with E-state index in [1.807, 2.05) is 49.5 Å². The number of hydrogen-bond donors (Lipinski definition) is 0. The third kappa shape index (κ3) is 4.97. The lowest BCUT2D eigenvalue weighted by Gasteiger charge is -2.18. The monoisotopic (exact) mass is 383 g/mol. The van der Waals surface area contributed by atoms with E-state index in [0.29, 0.717) is 29.7 Å². The molecule has 1 amide bonds. The maximum Gasteiger partial charge on any atom is 0.253 e. The molecule has 150 valence electrons. The standard InChI is InChI=1S/C23H29NO4/c1-24(15-14-17-8-13-21(26-2)22(16-17)27-3)23(25)18-9-11-20(12-10-18)28-19-6-4-5-7-19/h8-13,16,19H,4-7,14-15H2,1-3H3. The second kappa shape index (κ2) is 9.49. The molecule has 5 heteroatoms. The number of carbonyl (C=O) groups excluding carboxylic acids is 1. The molecule has 3 rings (SSSR count). The second-order valence-electron chi connectivity index (χ2n) is 7.21. The Morgan fingerprint density at radius 1 is 1.00 bits per heavy atom. The van der Waals surface area contributed by atoms with E-state index in [-0.39, 0.29) is 5.91 Å². The number of nitrogens with zero attached hydrogens (tertiary/aromatic N) is 1. The number of amides is 1. The van der Waals surface area contributed by atoms with E-state index in [1.165, 1.54) is 12.8 Å². The van der Waals surface area contributed by atoms with Crippen molar-refractivity contribution in [1.29, 1.82) is 0 Å². The summed E-state index contributed by atoms with van der Waals surface area (Å²) in [4.78, 5) is 14.4. The Balaban J connectivity index is 1.55. The molecular weight excluding hydrogens is 354 g/mol. The first kappa shape index (κ1) is 20.1. The predicted molar refractivity (Wildman–Crippen MR) is 110 cm³/mol. The van der Waals surface area contributed by atoms with Crippen LogP contribution in [-0.2, 0) is 6.42 Å². The van der Waals surface area contributed by atoms with Gasteiger partial charge < -0.3 is 19.1 Å². The fraction of sp³-hybridized carbons (Fsp3) is 0.435. The van der Waals surface area contributed by atoms with Gasteiger partial charge in [0.05, 0.1) is 20.3 Å². The molecule has 0 heterocycles. The lowest BCUT2D eigenvalue weighted by Crippen LogP contribution is -2.28. The van der Waals surface area contributed by atoms with Crippen LogP contribution in [0.4, 0.5) is 0 Å². The maximum atomic E-state index is 12.7. The molecule has 2 aromatic carbocycles. The molecular formula is C23H29NO4. The van der Waals surface area contributed by atoms with Gasteiger partial charge >= 0.3 is 0 Å². The van der Waals surface area contributed by atoms with E-state index < -0.39 is 0 Å². The van der Waals surface area contributed by atoms with Gasteiger partial charge in [0.25, 0.3) is 5.91 Å². The molecule has 1 aliphatic rings. The Morgan fingerprint density at radius 3 is 2.32 bits per heavy atom. The Hall–Kier alpha value is -2.69. The molecule has 5 nitrogen and oxygen atoms in total. The van der Waals surface area contributed by atoms with E-state index in [1.54, 1.807) is 19.1 Å². The predicted octanol–water partition coefficient (Wildman–Crippen LogP) is 4.34. The van der Waals surface area contributed by atoms with Gasteiger partial charge in [-0.05, 0) is 74.1 Å². The van der Waals surface area contributed by atoms with E-state index in [0.717, 1.165) is 30.6 Å². The molecule has 1 aliphatic carbocycles. The number of rotatable bonds is 8. The fourth-order valence-corrected chi connectivity index (χ4v) is 3.53. The summed E-state index contributed by atoms with van der Waals surface area (Å²) in [5.74, 6) is 2.26. The van der Waals surface area contributed by atoms with Crippen LogP contribution in [0.2, 0.25) is 0 Å². The normalized spacial score (nSPS) is 14.0. The molecule has 28 heavy (non-hydrogen) atoms. The van der Waals surface area contributed by atoms with Gasteiger partial charge in [0, 0.05) is 19.2 Å². The molecule has 0 unspecified atom stereocenters. The summed E-state index contributed by atoms with van der Waals surface area (Å²) in [6, 6.07) is 13.3. The van der Waals surface area contributed by atoms with Gasteiger partial charge in [-0.25, -0.2) is 0 Å². The summed E-state index contributed by atoms with van der Waals surface area (Å²) in [6.07, 6.45) is 5.80. The van der Waals surface area contributed by atoms with Gasteiger partial charge in [-0.1, -0.05) is 6.07 Å². The molecule has 0 aliphatic heterocycles. The van der Waals surface area contributed by atoms with Crippen LogP contribution < -0.4 is 14.2 Å². The van der Waals surface area contributed by atoms with Crippen LogP contribution in [0, 0.1) is 0 Å². The minimum atomic E-state index is 0.00731. The summed E-state index contributed by atoms with van der Waals surface area (Å²) in [7, 11) is 5.07. The number of hydrogen-bond acceptors (Lipinski definition) is 4. The highest BCUT2D eigenvalue weighted by Crippen LogP contribution is 2.28.